The van der Waals surface area contributed by atoms with E-state index in [1.165, 1.54) is 0 Å². The first-order chi connectivity index (χ1) is 9.81. The van der Waals surface area contributed by atoms with Crippen LogP contribution < -0.4 is 0 Å². The van der Waals surface area contributed by atoms with Crippen LogP contribution in [0.25, 0.3) is 16.9 Å². The quantitative estimate of drug-likeness (QED) is 0.781. The van der Waals surface area contributed by atoms with E-state index in [9.17, 15) is 5.11 Å². The van der Waals surface area contributed by atoms with Gasteiger partial charge in [0.25, 0.3) is 0 Å². The van der Waals surface area contributed by atoms with Crippen LogP contribution in [0.15, 0.2) is 60.7 Å². The molecule has 0 saturated heterocycles. The van der Waals surface area contributed by atoms with Crippen LogP contribution in [0.2, 0.25) is 0 Å². The summed E-state index contributed by atoms with van der Waals surface area (Å²) in [4.78, 5) is 0. The first-order valence-corrected chi connectivity index (χ1v) is 6.73. The fourth-order valence-electron chi connectivity index (χ4n) is 2.30. The highest BCUT2D eigenvalue weighted by Crippen LogP contribution is 2.34. The van der Waals surface area contributed by atoms with Crippen molar-refractivity contribution < 1.29 is 5.11 Å². The minimum atomic E-state index is 0.266. The largest absolute Gasteiger partial charge is 0.504 e. The van der Waals surface area contributed by atoms with Crippen molar-refractivity contribution in [3.05, 3.63) is 66.4 Å². The third-order valence-electron chi connectivity index (χ3n) is 3.31. The Labute approximate surface area is 118 Å². The molecule has 0 spiro atoms. The van der Waals surface area contributed by atoms with Crippen LogP contribution in [0.1, 0.15) is 12.6 Å². The normalized spacial score (nSPS) is 10.7. The number of benzene rings is 2. The van der Waals surface area contributed by atoms with Crippen LogP contribution in [0.3, 0.4) is 0 Å². The molecule has 0 amide bonds. The van der Waals surface area contributed by atoms with Crippen LogP contribution in [0, 0.1) is 0 Å². The lowest BCUT2D eigenvalue weighted by molar-refractivity contribution is 0.471. The number of aromatic nitrogens is 2. The Bertz CT molecular complexity index is 703. The van der Waals surface area contributed by atoms with Gasteiger partial charge in [0.05, 0.1) is 5.69 Å². The van der Waals surface area contributed by atoms with E-state index in [1.54, 1.807) is 0 Å². The van der Waals surface area contributed by atoms with Gasteiger partial charge in [-0.3, -0.25) is 0 Å². The topological polar surface area (TPSA) is 38.0 Å². The highest BCUT2D eigenvalue weighted by Gasteiger charge is 2.18. The SMILES string of the molecule is CCc1nn(-c2ccccc2)c(-c2ccccc2)c1O. The van der Waals surface area contributed by atoms with Crippen molar-refractivity contribution in [1.82, 2.24) is 9.78 Å². The Kier molecular flexibility index (Phi) is 3.25. The van der Waals surface area contributed by atoms with Crippen molar-refractivity contribution in [2.75, 3.05) is 0 Å². The van der Waals surface area contributed by atoms with Gasteiger partial charge in [0.15, 0.2) is 5.75 Å². The maximum atomic E-state index is 10.4. The van der Waals surface area contributed by atoms with E-state index >= 15 is 0 Å². The average Bonchev–Trinajstić information content (AvgIpc) is 2.86. The smallest absolute Gasteiger partial charge is 0.165 e. The van der Waals surface area contributed by atoms with Gasteiger partial charge < -0.3 is 5.11 Å². The highest BCUT2D eigenvalue weighted by molar-refractivity contribution is 5.69. The van der Waals surface area contributed by atoms with Crippen LogP contribution in [0.4, 0.5) is 0 Å². The second-order valence-electron chi connectivity index (χ2n) is 4.61. The third-order valence-corrected chi connectivity index (χ3v) is 3.31. The van der Waals surface area contributed by atoms with Crippen molar-refractivity contribution in [2.45, 2.75) is 13.3 Å². The summed E-state index contributed by atoms with van der Waals surface area (Å²) in [6.07, 6.45) is 0.700. The summed E-state index contributed by atoms with van der Waals surface area (Å²) in [5, 5.41) is 15.0. The summed E-state index contributed by atoms with van der Waals surface area (Å²) in [6.45, 7) is 1.99. The summed E-state index contributed by atoms with van der Waals surface area (Å²) < 4.78 is 1.81. The molecule has 1 aromatic heterocycles. The lowest BCUT2D eigenvalue weighted by Crippen LogP contribution is -1.99. The molecule has 100 valence electrons. The molecule has 0 aliphatic heterocycles. The molecule has 1 heterocycles. The van der Waals surface area contributed by atoms with E-state index in [0.717, 1.165) is 16.9 Å². The first kappa shape index (κ1) is 12.5. The van der Waals surface area contributed by atoms with Gasteiger partial charge in [-0.25, -0.2) is 4.68 Å². The van der Waals surface area contributed by atoms with Crippen LogP contribution >= 0.6 is 0 Å². The van der Waals surface area contributed by atoms with Gasteiger partial charge in [0.2, 0.25) is 0 Å². The van der Waals surface area contributed by atoms with Crippen LogP contribution in [-0.2, 0) is 6.42 Å². The van der Waals surface area contributed by atoms with Gasteiger partial charge in [-0.05, 0) is 18.6 Å². The molecular formula is C17H16N2O. The Morgan fingerprint density at radius 1 is 0.950 bits per heavy atom. The van der Waals surface area contributed by atoms with E-state index in [1.807, 2.05) is 72.3 Å². The summed E-state index contributed by atoms with van der Waals surface area (Å²) in [5.41, 5.74) is 3.36. The maximum Gasteiger partial charge on any atom is 0.165 e. The molecule has 3 heteroatoms. The van der Waals surface area contributed by atoms with Crippen molar-refractivity contribution in [3.63, 3.8) is 0 Å². The molecule has 0 aliphatic rings. The van der Waals surface area contributed by atoms with Gasteiger partial charge in [-0.2, -0.15) is 5.10 Å². The summed E-state index contributed by atoms with van der Waals surface area (Å²) in [5.74, 6) is 0.266. The van der Waals surface area contributed by atoms with E-state index < -0.39 is 0 Å². The van der Waals surface area contributed by atoms with Crippen LogP contribution in [0.5, 0.6) is 5.75 Å². The third kappa shape index (κ3) is 2.07. The number of hydrogen-bond donors (Lipinski definition) is 1. The van der Waals surface area contributed by atoms with Crippen molar-refractivity contribution >= 4 is 0 Å². The summed E-state index contributed by atoms with van der Waals surface area (Å²) in [7, 11) is 0. The minimum Gasteiger partial charge on any atom is -0.504 e. The van der Waals surface area contributed by atoms with Crippen molar-refractivity contribution in [3.8, 4) is 22.7 Å². The summed E-state index contributed by atoms with van der Waals surface area (Å²) >= 11 is 0. The first-order valence-electron chi connectivity index (χ1n) is 6.73. The molecular weight excluding hydrogens is 248 g/mol. The van der Waals surface area contributed by atoms with E-state index in [4.69, 9.17) is 0 Å². The molecule has 20 heavy (non-hydrogen) atoms. The lowest BCUT2D eigenvalue weighted by atomic mass is 10.1. The van der Waals surface area contributed by atoms with Gasteiger partial charge in [-0.1, -0.05) is 55.5 Å². The summed E-state index contributed by atoms with van der Waals surface area (Å²) in [6, 6.07) is 19.7. The van der Waals surface area contributed by atoms with Gasteiger partial charge in [0, 0.05) is 5.56 Å². The molecule has 0 atom stereocenters. The number of nitrogens with zero attached hydrogens (tertiary/aromatic N) is 2. The Hall–Kier alpha value is -2.55. The average molecular weight is 264 g/mol. The molecule has 0 radical (unpaired) electrons. The zero-order valence-electron chi connectivity index (χ0n) is 11.3. The fourth-order valence-corrected chi connectivity index (χ4v) is 2.30. The number of hydrogen-bond acceptors (Lipinski definition) is 2. The lowest BCUT2D eigenvalue weighted by Gasteiger charge is -2.07. The molecule has 0 bridgehead atoms. The van der Waals surface area contributed by atoms with Gasteiger partial charge in [-0.15, -0.1) is 0 Å². The molecule has 3 nitrogen and oxygen atoms in total. The van der Waals surface area contributed by atoms with Crippen molar-refractivity contribution in [1.29, 1.82) is 0 Å². The number of aromatic hydroxyl groups is 1. The molecule has 3 aromatic rings. The van der Waals surface area contributed by atoms with E-state index in [2.05, 4.69) is 5.10 Å². The number of rotatable bonds is 3. The molecule has 3 rings (SSSR count). The number of para-hydroxylation sites is 1. The predicted molar refractivity (Wildman–Crippen MR) is 80.0 cm³/mol. The molecule has 0 fully saturated rings. The number of aryl methyl sites for hydroxylation is 1. The van der Waals surface area contributed by atoms with E-state index in [0.29, 0.717) is 12.1 Å². The fraction of sp³-hybridized carbons (Fsp3) is 0.118. The van der Waals surface area contributed by atoms with Gasteiger partial charge in [0.1, 0.15) is 11.4 Å². The highest BCUT2D eigenvalue weighted by atomic mass is 16.3. The molecule has 0 unspecified atom stereocenters. The zero-order chi connectivity index (χ0) is 13.9. The van der Waals surface area contributed by atoms with E-state index in [-0.39, 0.29) is 5.75 Å². The molecule has 0 saturated carbocycles. The second-order valence-corrected chi connectivity index (χ2v) is 4.61. The molecule has 1 N–H and O–H groups in total. The Balaban J connectivity index is 2.25. The predicted octanol–water partition coefficient (Wildman–Crippen LogP) is 3.81. The maximum absolute atomic E-state index is 10.4. The zero-order valence-corrected chi connectivity index (χ0v) is 11.3. The van der Waals surface area contributed by atoms with Gasteiger partial charge >= 0.3 is 0 Å². The van der Waals surface area contributed by atoms with Crippen LogP contribution in [-0.4, -0.2) is 14.9 Å². The monoisotopic (exact) mass is 264 g/mol. The second kappa shape index (κ2) is 5.21. The minimum absolute atomic E-state index is 0.266. The standard InChI is InChI=1S/C17H16N2O/c1-2-15-17(20)16(13-9-5-3-6-10-13)19(18-15)14-11-7-4-8-12-14/h3-12,20H,2H2,1H3. The Morgan fingerprint density at radius 2 is 1.55 bits per heavy atom. The van der Waals surface area contributed by atoms with Crippen molar-refractivity contribution in [2.24, 2.45) is 0 Å². The molecule has 0 aliphatic carbocycles. The molecule has 2 aromatic carbocycles. The Morgan fingerprint density at radius 3 is 2.15 bits per heavy atom.